The zero-order valence-electron chi connectivity index (χ0n) is 25.0. The van der Waals surface area contributed by atoms with Crippen LogP contribution in [-0.2, 0) is 17.9 Å². The number of rotatable bonds is 12. The quantitative estimate of drug-likeness (QED) is 0.0821. The second-order valence-corrected chi connectivity index (χ2v) is 12.7. The van der Waals surface area contributed by atoms with Crippen LogP contribution < -0.4 is 26.0 Å². The molecule has 0 bridgehead atoms. The number of benzene rings is 2. The van der Waals surface area contributed by atoms with Gasteiger partial charge in [0.15, 0.2) is 0 Å². The molecule has 9 nitrogen and oxygen atoms in total. The van der Waals surface area contributed by atoms with E-state index in [9.17, 15) is 4.79 Å². The Bertz CT molecular complexity index is 1940. The SMILES string of the molecule is COc1nc(-c2cccc(-c3cccc(Nc4nccc5sc(CNCC#N)cc45)c3Cl)c2Cl)ccc1CNCC1CCC(=O)N1. The van der Waals surface area contributed by atoms with Gasteiger partial charge in [0, 0.05) is 75.5 Å². The third-order valence-corrected chi connectivity index (χ3v) is 9.65. The van der Waals surface area contributed by atoms with E-state index >= 15 is 0 Å². The highest BCUT2D eigenvalue weighted by Gasteiger charge is 2.21. The molecule has 1 unspecified atom stereocenters. The Morgan fingerprint density at radius 2 is 1.85 bits per heavy atom. The van der Waals surface area contributed by atoms with E-state index in [4.69, 9.17) is 38.2 Å². The van der Waals surface area contributed by atoms with E-state index in [-0.39, 0.29) is 11.9 Å². The Labute approximate surface area is 280 Å². The van der Waals surface area contributed by atoms with Gasteiger partial charge in [-0.2, -0.15) is 5.26 Å². The van der Waals surface area contributed by atoms with Gasteiger partial charge < -0.3 is 20.7 Å². The number of nitrogens with one attached hydrogen (secondary N) is 4. The second-order valence-electron chi connectivity index (χ2n) is 10.8. The van der Waals surface area contributed by atoms with E-state index in [1.807, 2.05) is 54.6 Å². The lowest BCUT2D eigenvalue weighted by atomic mass is 10.00. The number of anilines is 2. The van der Waals surface area contributed by atoms with Crippen molar-refractivity contribution in [2.45, 2.75) is 32.0 Å². The van der Waals surface area contributed by atoms with Gasteiger partial charge in [0.25, 0.3) is 0 Å². The fraction of sp³-hybridized carbons (Fsp3) is 0.235. The predicted octanol–water partition coefficient (Wildman–Crippen LogP) is 7.07. The first-order valence-corrected chi connectivity index (χ1v) is 16.4. The van der Waals surface area contributed by atoms with Crippen molar-refractivity contribution in [1.29, 1.82) is 5.26 Å². The first kappa shape index (κ1) is 31.7. The smallest absolute Gasteiger partial charge is 0.220 e. The number of hydrogen-bond donors (Lipinski definition) is 4. The molecule has 3 aromatic heterocycles. The minimum Gasteiger partial charge on any atom is -0.481 e. The summed E-state index contributed by atoms with van der Waals surface area (Å²) in [7, 11) is 1.60. The molecule has 0 aliphatic carbocycles. The zero-order chi connectivity index (χ0) is 32.0. The second kappa shape index (κ2) is 14.5. The van der Waals surface area contributed by atoms with Gasteiger partial charge in [-0.3, -0.25) is 10.1 Å². The molecule has 1 atom stereocenters. The van der Waals surface area contributed by atoms with Crippen LogP contribution in [-0.4, -0.2) is 42.1 Å². The predicted molar refractivity (Wildman–Crippen MR) is 185 cm³/mol. The Morgan fingerprint density at radius 1 is 1.04 bits per heavy atom. The summed E-state index contributed by atoms with van der Waals surface area (Å²) in [5.74, 6) is 1.30. The average molecular weight is 673 g/mol. The third kappa shape index (κ3) is 6.94. The molecule has 6 rings (SSSR count). The number of nitriles is 1. The largest absolute Gasteiger partial charge is 0.481 e. The van der Waals surface area contributed by atoms with E-state index < -0.39 is 0 Å². The first-order valence-electron chi connectivity index (χ1n) is 14.8. The number of pyridine rings is 2. The molecule has 46 heavy (non-hydrogen) atoms. The summed E-state index contributed by atoms with van der Waals surface area (Å²) in [4.78, 5) is 22.0. The monoisotopic (exact) mass is 671 g/mol. The molecule has 234 valence electrons. The van der Waals surface area contributed by atoms with E-state index in [0.717, 1.165) is 43.6 Å². The molecule has 1 aliphatic heterocycles. The maximum Gasteiger partial charge on any atom is 0.220 e. The van der Waals surface area contributed by atoms with Crippen LogP contribution in [0.4, 0.5) is 11.5 Å². The maximum atomic E-state index is 11.5. The first-order chi connectivity index (χ1) is 22.4. The summed E-state index contributed by atoms with van der Waals surface area (Å²) < 4.78 is 6.72. The van der Waals surface area contributed by atoms with Crippen LogP contribution in [0.25, 0.3) is 32.5 Å². The van der Waals surface area contributed by atoms with Crippen LogP contribution in [0.5, 0.6) is 5.88 Å². The molecular formula is C34H31Cl2N7O2S. The Morgan fingerprint density at radius 3 is 2.63 bits per heavy atom. The van der Waals surface area contributed by atoms with Gasteiger partial charge in [-0.15, -0.1) is 11.3 Å². The molecule has 0 saturated carbocycles. The van der Waals surface area contributed by atoms with Gasteiger partial charge in [0.05, 0.1) is 41.2 Å². The molecule has 1 amide bonds. The van der Waals surface area contributed by atoms with Gasteiger partial charge in [0.2, 0.25) is 11.8 Å². The van der Waals surface area contributed by atoms with Crippen molar-refractivity contribution in [1.82, 2.24) is 25.9 Å². The summed E-state index contributed by atoms with van der Waals surface area (Å²) in [6.45, 7) is 2.14. The van der Waals surface area contributed by atoms with Crippen LogP contribution in [0.2, 0.25) is 10.0 Å². The number of ether oxygens (including phenoxy) is 1. The van der Waals surface area contributed by atoms with Gasteiger partial charge in [-0.25, -0.2) is 9.97 Å². The highest BCUT2D eigenvalue weighted by molar-refractivity contribution is 7.19. The lowest BCUT2D eigenvalue weighted by molar-refractivity contribution is -0.119. The van der Waals surface area contributed by atoms with Crippen molar-refractivity contribution in [2.75, 3.05) is 25.5 Å². The lowest BCUT2D eigenvalue weighted by Crippen LogP contribution is -2.35. The average Bonchev–Trinajstić information content (AvgIpc) is 3.68. The molecule has 1 fully saturated rings. The van der Waals surface area contributed by atoms with Crippen molar-refractivity contribution in [3.63, 3.8) is 0 Å². The number of carbonyl (C=O) groups is 1. The maximum absolute atomic E-state index is 11.5. The van der Waals surface area contributed by atoms with E-state index in [1.165, 1.54) is 0 Å². The summed E-state index contributed by atoms with van der Waals surface area (Å²) >= 11 is 15.7. The fourth-order valence-corrected chi connectivity index (χ4v) is 7.12. The minimum absolute atomic E-state index is 0.100. The Hall–Kier alpha value is -4.24. The van der Waals surface area contributed by atoms with E-state index in [2.05, 4.69) is 38.4 Å². The minimum atomic E-state index is 0.100. The molecule has 5 aromatic rings. The Kier molecular flexibility index (Phi) is 9.97. The van der Waals surface area contributed by atoms with Gasteiger partial charge >= 0.3 is 0 Å². The number of nitrogens with zero attached hydrogens (tertiary/aromatic N) is 3. The van der Waals surface area contributed by atoms with Crippen molar-refractivity contribution >= 4 is 62.0 Å². The van der Waals surface area contributed by atoms with Gasteiger partial charge in [0.1, 0.15) is 5.82 Å². The summed E-state index contributed by atoms with van der Waals surface area (Å²) in [5, 5.41) is 23.7. The Balaban J connectivity index is 1.24. The van der Waals surface area contributed by atoms with Gasteiger partial charge in [-0.05, 0) is 30.7 Å². The van der Waals surface area contributed by atoms with Crippen molar-refractivity contribution in [3.05, 3.63) is 87.3 Å². The molecule has 0 spiro atoms. The van der Waals surface area contributed by atoms with Crippen molar-refractivity contribution < 1.29 is 9.53 Å². The highest BCUT2D eigenvalue weighted by Crippen LogP contribution is 2.42. The fourth-order valence-electron chi connectivity index (χ4n) is 5.49. The number of amides is 1. The molecule has 0 radical (unpaired) electrons. The highest BCUT2D eigenvalue weighted by atomic mass is 35.5. The molecular weight excluding hydrogens is 641 g/mol. The van der Waals surface area contributed by atoms with Crippen LogP contribution in [0, 0.1) is 11.3 Å². The van der Waals surface area contributed by atoms with Gasteiger partial charge in [-0.1, -0.05) is 59.6 Å². The summed E-state index contributed by atoms with van der Waals surface area (Å²) in [6, 6.07) is 21.8. The zero-order valence-corrected chi connectivity index (χ0v) is 27.3. The van der Waals surface area contributed by atoms with Crippen molar-refractivity contribution in [3.8, 4) is 34.3 Å². The topological polar surface area (TPSA) is 124 Å². The van der Waals surface area contributed by atoms with Crippen LogP contribution in [0.1, 0.15) is 23.3 Å². The number of thiophene rings is 1. The number of halogens is 2. The third-order valence-electron chi connectivity index (χ3n) is 7.74. The number of hydrogen-bond acceptors (Lipinski definition) is 9. The molecule has 12 heteroatoms. The number of methoxy groups -OCH3 is 1. The van der Waals surface area contributed by atoms with E-state index in [1.54, 1.807) is 24.6 Å². The van der Waals surface area contributed by atoms with E-state index in [0.29, 0.717) is 65.7 Å². The van der Waals surface area contributed by atoms with Crippen molar-refractivity contribution in [2.24, 2.45) is 0 Å². The molecule has 1 aliphatic rings. The lowest BCUT2D eigenvalue weighted by Gasteiger charge is -2.16. The summed E-state index contributed by atoms with van der Waals surface area (Å²) in [5.41, 5.74) is 4.57. The standard InChI is InChI=1S/C34H31Cl2N7O2S/c1-45-34-20(17-39-18-21-9-11-30(44)41-21)8-10-27(43-34)25-6-2-4-23(31(25)35)24-5-3-7-28(32(24)36)42-33-26-16-22(19-38-15-13-37)46-29(26)12-14-40-33/h2-8,10,12,14,16,21,38-39H,9,11,15,17-19H2,1H3,(H,40,42)(H,41,44). The van der Waals surface area contributed by atoms with Crippen LogP contribution in [0.15, 0.2) is 66.9 Å². The summed E-state index contributed by atoms with van der Waals surface area (Å²) in [6.07, 6.45) is 3.18. The van der Waals surface area contributed by atoms with Crippen LogP contribution >= 0.6 is 34.5 Å². The number of carbonyl (C=O) groups excluding carboxylic acids is 1. The normalized spacial score (nSPS) is 14.3. The molecule has 4 heterocycles. The number of aromatic nitrogens is 2. The molecule has 2 aromatic carbocycles. The van der Waals surface area contributed by atoms with Crippen LogP contribution in [0.3, 0.4) is 0 Å². The molecule has 1 saturated heterocycles. The number of fused-ring (bicyclic) bond motifs is 1. The molecule has 4 N–H and O–H groups in total.